The summed E-state index contributed by atoms with van der Waals surface area (Å²) in [7, 11) is 0. The fourth-order valence-electron chi connectivity index (χ4n) is 3.59. The lowest BCUT2D eigenvalue weighted by molar-refractivity contribution is -0.137. The van der Waals surface area contributed by atoms with Crippen LogP contribution in [0.4, 0.5) is 24.5 Å². The number of benzene rings is 2. The van der Waals surface area contributed by atoms with Gasteiger partial charge in [-0.3, -0.25) is 14.3 Å². The molecule has 0 aliphatic carbocycles. The zero-order chi connectivity index (χ0) is 22.3. The molecular formula is C22H19F3N4O2. The van der Waals surface area contributed by atoms with E-state index >= 15 is 0 Å². The lowest BCUT2D eigenvalue weighted by atomic mass is 10.1. The van der Waals surface area contributed by atoms with Gasteiger partial charge in [0.05, 0.1) is 23.5 Å². The molecule has 0 saturated heterocycles. The zero-order valence-corrected chi connectivity index (χ0v) is 16.8. The normalized spacial score (nSPS) is 16.2. The predicted molar refractivity (Wildman–Crippen MR) is 109 cm³/mol. The number of carbonyl (C=O) groups is 2. The minimum Gasteiger partial charge on any atom is -0.319 e. The van der Waals surface area contributed by atoms with Crippen LogP contribution in [0.15, 0.2) is 54.7 Å². The monoisotopic (exact) mass is 428 g/mol. The fraction of sp³-hybridized carbons (Fsp3) is 0.227. The molecule has 1 aliphatic rings. The van der Waals surface area contributed by atoms with Crippen LogP contribution < -0.4 is 10.2 Å². The summed E-state index contributed by atoms with van der Waals surface area (Å²) >= 11 is 0. The Morgan fingerprint density at radius 2 is 1.87 bits per heavy atom. The van der Waals surface area contributed by atoms with Crippen molar-refractivity contribution in [1.82, 2.24) is 9.78 Å². The summed E-state index contributed by atoms with van der Waals surface area (Å²) in [6.45, 7) is 3.95. The van der Waals surface area contributed by atoms with E-state index in [4.69, 9.17) is 0 Å². The Labute approximate surface area is 176 Å². The first kappa shape index (κ1) is 20.6. The molecule has 0 saturated carbocycles. The van der Waals surface area contributed by atoms with Crippen molar-refractivity contribution in [2.45, 2.75) is 26.1 Å². The molecule has 1 aromatic heterocycles. The summed E-state index contributed by atoms with van der Waals surface area (Å²) < 4.78 is 40.1. The Morgan fingerprint density at radius 1 is 1.16 bits per heavy atom. The van der Waals surface area contributed by atoms with Crippen molar-refractivity contribution < 1.29 is 22.8 Å². The Morgan fingerprint density at radius 3 is 2.52 bits per heavy atom. The number of hydrogen-bond acceptors (Lipinski definition) is 3. The predicted octanol–water partition coefficient (Wildman–Crippen LogP) is 4.68. The van der Waals surface area contributed by atoms with Crippen molar-refractivity contribution in [3.63, 3.8) is 0 Å². The number of fused-ring (bicyclic) bond motifs is 1. The highest BCUT2D eigenvalue weighted by Crippen LogP contribution is 2.33. The molecule has 1 atom stereocenters. The molecule has 2 aromatic carbocycles. The van der Waals surface area contributed by atoms with Gasteiger partial charge in [-0.05, 0) is 50.2 Å². The standard InChI is InChI=1S/C22H19F3N4O2/c1-13-4-3-5-15(10-13)20(30)27-18-11-26-29-14(2)12-28(21(31)19(18)29)17-8-6-16(7-9-17)22(23,24)25/h3-11,14H,12H2,1-2H3,(H,27,30)/t14-/m0/s1. The summed E-state index contributed by atoms with van der Waals surface area (Å²) in [6.07, 6.45) is -3.04. The Kier molecular flexibility index (Phi) is 5.04. The maximum atomic E-state index is 13.2. The van der Waals surface area contributed by atoms with Crippen molar-refractivity contribution in [1.29, 1.82) is 0 Å². The van der Waals surface area contributed by atoms with E-state index in [1.165, 1.54) is 27.9 Å². The molecule has 31 heavy (non-hydrogen) atoms. The molecule has 0 spiro atoms. The molecule has 0 fully saturated rings. The Hall–Kier alpha value is -3.62. The molecule has 0 radical (unpaired) electrons. The summed E-state index contributed by atoms with van der Waals surface area (Å²) in [5, 5.41) is 6.96. The van der Waals surface area contributed by atoms with Crippen LogP contribution in [0.5, 0.6) is 0 Å². The van der Waals surface area contributed by atoms with Gasteiger partial charge in [-0.2, -0.15) is 18.3 Å². The van der Waals surface area contributed by atoms with Crippen molar-refractivity contribution in [3.05, 3.63) is 77.1 Å². The van der Waals surface area contributed by atoms with Crippen LogP contribution in [0, 0.1) is 6.92 Å². The maximum Gasteiger partial charge on any atom is 0.416 e. The second kappa shape index (κ2) is 7.57. The number of anilines is 2. The van der Waals surface area contributed by atoms with Gasteiger partial charge in [-0.25, -0.2) is 0 Å². The highest BCUT2D eigenvalue weighted by atomic mass is 19.4. The molecule has 9 heteroatoms. The number of nitrogens with one attached hydrogen (secondary N) is 1. The highest BCUT2D eigenvalue weighted by Gasteiger charge is 2.35. The third-order valence-corrected chi connectivity index (χ3v) is 5.14. The van der Waals surface area contributed by atoms with E-state index in [2.05, 4.69) is 10.4 Å². The van der Waals surface area contributed by atoms with E-state index in [0.29, 0.717) is 11.3 Å². The molecule has 160 valence electrons. The number of halogens is 3. The largest absolute Gasteiger partial charge is 0.416 e. The van der Waals surface area contributed by atoms with Gasteiger partial charge in [0, 0.05) is 17.8 Å². The van der Waals surface area contributed by atoms with Crippen LogP contribution in [0.2, 0.25) is 0 Å². The van der Waals surface area contributed by atoms with Gasteiger partial charge in [-0.1, -0.05) is 17.7 Å². The second-order valence-electron chi connectivity index (χ2n) is 7.48. The molecule has 1 aliphatic heterocycles. The molecule has 0 bridgehead atoms. The number of rotatable bonds is 3. The smallest absolute Gasteiger partial charge is 0.319 e. The lowest BCUT2D eigenvalue weighted by Gasteiger charge is -2.32. The molecular weight excluding hydrogens is 409 g/mol. The molecule has 3 aromatic rings. The van der Waals surface area contributed by atoms with Crippen molar-refractivity contribution in [3.8, 4) is 0 Å². The van der Waals surface area contributed by atoms with Gasteiger partial charge in [-0.15, -0.1) is 0 Å². The van der Waals surface area contributed by atoms with Crippen LogP contribution in [-0.2, 0) is 6.18 Å². The topological polar surface area (TPSA) is 67.2 Å². The van der Waals surface area contributed by atoms with Gasteiger partial charge < -0.3 is 10.2 Å². The SMILES string of the molecule is Cc1cccc(C(=O)Nc2cnn3c2C(=O)N(c2ccc(C(F)(F)F)cc2)C[C@@H]3C)c1. The number of amides is 2. The van der Waals surface area contributed by atoms with Gasteiger partial charge in [0.15, 0.2) is 5.69 Å². The van der Waals surface area contributed by atoms with E-state index < -0.39 is 17.6 Å². The van der Waals surface area contributed by atoms with Crippen molar-refractivity contribution >= 4 is 23.2 Å². The molecule has 0 unspecified atom stereocenters. The molecule has 2 amide bonds. The first-order valence-electron chi connectivity index (χ1n) is 9.60. The number of alkyl halides is 3. The van der Waals surface area contributed by atoms with E-state index in [-0.39, 0.29) is 29.9 Å². The Bertz CT molecular complexity index is 1150. The molecule has 1 N–H and O–H groups in total. The average molecular weight is 428 g/mol. The van der Waals surface area contributed by atoms with E-state index in [1.807, 2.05) is 19.9 Å². The van der Waals surface area contributed by atoms with Gasteiger partial charge in [0.2, 0.25) is 0 Å². The summed E-state index contributed by atoms with van der Waals surface area (Å²) in [5.74, 6) is -0.832. The third kappa shape index (κ3) is 3.90. The Balaban J connectivity index is 1.63. The number of hydrogen-bond donors (Lipinski definition) is 1. The van der Waals surface area contributed by atoms with Crippen molar-refractivity contribution in [2.24, 2.45) is 0 Å². The first-order valence-corrected chi connectivity index (χ1v) is 9.60. The van der Waals surface area contributed by atoms with Crippen LogP contribution >= 0.6 is 0 Å². The number of nitrogens with zero attached hydrogens (tertiary/aromatic N) is 3. The highest BCUT2D eigenvalue weighted by molar-refractivity contribution is 6.13. The van der Waals surface area contributed by atoms with E-state index in [1.54, 1.807) is 18.2 Å². The second-order valence-corrected chi connectivity index (χ2v) is 7.48. The summed E-state index contributed by atoms with van der Waals surface area (Å²) in [5.41, 5.74) is 1.34. The van der Waals surface area contributed by atoms with Crippen LogP contribution in [-0.4, -0.2) is 28.1 Å². The summed E-state index contributed by atoms with van der Waals surface area (Å²) in [4.78, 5) is 27.2. The summed E-state index contributed by atoms with van der Waals surface area (Å²) in [6, 6.07) is 11.2. The van der Waals surface area contributed by atoms with Crippen LogP contribution in [0.25, 0.3) is 0 Å². The average Bonchev–Trinajstić information content (AvgIpc) is 3.14. The molecule has 4 rings (SSSR count). The maximum absolute atomic E-state index is 13.2. The van der Waals surface area contributed by atoms with Gasteiger partial charge >= 0.3 is 6.18 Å². The number of aromatic nitrogens is 2. The molecule has 2 heterocycles. The van der Waals surface area contributed by atoms with E-state index in [0.717, 1.165) is 17.7 Å². The number of aryl methyl sites for hydroxylation is 1. The lowest BCUT2D eigenvalue weighted by Crippen LogP contribution is -2.43. The fourth-order valence-corrected chi connectivity index (χ4v) is 3.59. The number of carbonyl (C=O) groups excluding carboxylic acids is 2. The quantitative estimate of drug-likeness (QED) is 0.659. The first-order chi connectivity index (χ1) is 14.6. The minimum absolute atomic E-state index is 0.180. The van der Waals surface area contributed by atoms with Gasteiger partial charge in [0.25, 0.3) is 11.8 Å². The van der Waals surface area contributed by atoms with Crippen LogP contribution in [0.3, 0.4) is 0 Å². The molecule has 6 nitrogen and oxygen atoms in total. The van der Waals surface area contributed by atoms with E-state index in [9.17, 15) is 22.8 Å². The van der Waals surface area contributed by atoms with Crippen LogP contribution in [0.1, 0.15) is 44.9 Å². The minimum atomic E-state index is -4.45. The van der Waals surface area contributed by atoms with Crippen molar-refractivity contribution in [2.75, 3.05) is 16.8 Å². The zero-order valence-electron chi connectivity index (χ0n) is 16.8. The van der Waals surface area contributed by atoms with Gasteiger partial charge in [0.1, 0.15) is 0 Å². The third-order valence-electron chi connectivity index (χ3n) is 5.14.